The minimum atomic E-state index is -0.705. The molecule has 1 unspecified atom stereocenters. The van der Waals surface area contributed by atoms with Crippen LogP contribution in [0.1, 0.15) is 60.5 Å². The number of nitrogens with zero attached hydrogens (tertiary/aromatic N) is 3. The summed E-state index contributed by atoms with van der Waals surface area (Å²) < 4.78 is 10.1. The molecule has 0 fully saturated rings. The van der Waals surface area contributed by atoms with E-state index in [-0.39, 0.29) is 12.2 Å². The van der Waals surface area contributed by atoms with E-state index in [1.54, 1.807) is 11.5 Å². The Balaban J connectivity index is 1.45. The van der Waals surface area contributed by atoms with Crippen molar-refractivity contribution in [3.63, 3.8) is 0 Å². The van der Waals surface area contributed by atoms with Gasteiger partial charge in [-0.25, -0.2) is 9.79 Å². The number of para-hydroxylation sites is 1. The van der Waals surface area contributed by atoms with Crippen molar-refractivity contribution >= 4 is 40.0 Å². The van der Waals surface area contributed by atoms with Crippen LogP contribution in [0.15, 0.2) is 131 Å². The summed E-state index contributed by atoms with van der Waals surface area (Å²) in [6.45, 7) is 7.00. The Morgan fingerprint density at radius 2 is 1.60 bits per heavy atom. The van der Waals surface area contributed by atoms with Gasteiger partial charge in [-0.2, -0.15) is 0 Å². The highest BCUT2D eigenvalue weighted by Gasteiger charge is 2.35. The average molecular weight is 638 g/mol. The molecule has 0 bridgehead atoms. The zero-order valence-corrected chi connectivity index (χ0v) is 27.4. The summed E-state index contributed by atoms with van der Waals surface area (Å²) >= 11 is 1.34. The van der Waals surface area contributed by atoms with Gasteiger partial charge in [-0.1, -0.05) is 128 Å². The summed E-state index contributed by atoms with van der Waals surface area (Å²) in [6.07, 6.45) is 4.07. The van der Waals surface area contributed by atoms with Gasteiger partial charge >= 0.3 is 5.97 Å². The lowest BCUT2D eigenvalue weighted by Gasteiger charge is -2.26. The number of benzene rings is 4. The van der Waals surface area contributed by atoms with Gasteiger partial charge < -0.3 is 9.30 Å². The lowest BCUT2D eigenvalue weighted by molar-refractivity contribution is -0.138. The number of ether oxygens (including phenoxy) is 1. The second-order valence-electron chi connectivity index (χ2n) is 12.0. The van der Waals surface area contributed by atoms with Crippen molar-refractivity contribution in [2.24, 2.45) is 4.99 Å². The van der Waals surface area contributed by atoms with Gasteiger partial charge in [-0.3, -0.25) is 9.36 Å². The molecule has 0 saturated carbocycles. The molecule has 0 radical (unpaired) electrons. The molecule has 234 valence electrons. The molecule has 6 nitrogen and oxygen atoms in total. The molecule has 6 aromatic rings. The predicted molar refractivity (Wildman–Crippen MR) is 189 cm³/mol. The molecule has 0 N–H and O–H groups in total. The average Bonchev–Trinajstić information content (AvgIpc) is 3.60. The van der Waals surface area contributed by atoms with Crippen LogP contribution in [0.3, 0.4) is 0 Å². The third-order valence-corrected chi connectivity index (χ3v) is 9.58. The summed E-state index contributed by atoms with van der Waals surface area (Å²) in [4.78, 5) is 33.8. The predicted octanol–water partition coefficient (Wildman–Crippen LogP) is 7.06. The maximum Gasteiger partial charge on any atom is 0.338 e. The Labute approximate surface area is 277 Å². The van der Waals surface area contributed by atoms with Gasteiger partial charge in [0.2, 0.25) is 0 Å². The Bertz CT molecular complexity index is 2290. The van der Waals surface area contributed by atoms with Crippen molar-refractivity contribution in [2.75, 3.05) is 6.61 Å². The second-order valence-corrected chi connectivity index (χ2v) is 13.0. The molecule has 4 aromatic carbocycles. The quantitative estimate of drug-likeness (QED) is 0.168. The van der Waals surface area contributed by atoms with E-state index in [4.69, 9.17) is 9.73 Å². The van der Waals surface area contributed by atoms with Gasteiger partial charge in [0.1, 0.15) is 0 Å². The van der Waals surface area contributed by atoms with Crippen LogP contribution in [0.25, 0.3) is 22.7 Å². The van der Waals surface area contributed by atoms with Gasteiger partial charge in [0.05, 0.1) is 28.5 Å². The summed E-state index contributed by atoms with van der Waals surface area (Å²) in [7, 11) is 0. The fourth-order valence-corrected chi connectivity index (χ4v) is 7.25. The van der Waals surface area contributed by atoms with Crippen LogP contribution in [0.2, 0.25) is 0 Å². The number of carbonyl (C=O) groups is 1. The number of carbonyl (C=O) groups excluding carboxylic acids is 1. The van der Waals surface area contributed by atoms with E-state index in [0.29, 0.717) is 33.1 Å². The standard InChI is InChI=1S/C40H35N3O3S/c1-4-46-39(45)35-36(29-15-9-6-10-16-29)41-40-43(37(35)30-21-19-28(20-22-30)26(2)3)38(44)34(47-40)23-31-25-42(24-27-13-7-5-8-14-27)33-18-12-11-17-32(31)33/h5-23,25-26,37H,4,24H2,1-3H3/b34-23+. The van der Waals surface area contributed by atoms with Crippen molar-refractivity contribution in [1.29, 1.82) is 0 Å². The zero-order chi connectivity index (χ0) is 32.5. The number of esters is 1. The molecule has 3 heterocycles. The zero-order valence-electron chi connectivity index (χ0n) is 26.6. The molecular weight excluding hydrogens is 603 g/mol. The normalized spacial score (nSPS) is 14.8. The summed E-state index contributed by atoms with van der Waals surface area (Å²) in [5.41, 5.74) is 6.72. The van der Waals surface area contributed by atoms with Gasteiger partial charge in [0, 0.05) is 34.8 Å². The first-order valence-corrected chi connectivity index (χ1v) is 16.7. The SMILES string of the molecule is CCOC(=O)C1=C(c2ccccc2)N=c2s/c(=C/c3cn(Cc4ccccc4)c4ccccc34)c(=O)n2C1c1ccc(C(C)C)cc1. The minimum Gasteiger partial charge on any atom is -0.463 e. The maximum absolute atomic E-state index is 14.5. The molecule has 7 rings (SSSR count). The first kappa shape index (κ1) is 30.4. The smallest absolute Gasteiger partial charge is 0.338 e. The highest BCUT2D eigenvalue weighted by atomic mass is 32.1. The Kier molecular flexibility index (Phi) is 8.31. The van der Waals surface area contributed by atoms with Crippen molar-refractivity contribution in [2.45, 2.75) is 39.3 Å². The van der Waals surface area contributed by atoms with Crippen LogP contribution in [0, 0.1) is 0 Å². The number of fused-ring (bicyclic) bond motifs is 2. The van der Waals surface area contributed by atoms with Crippen molar-refractivity contribution < 1.29 is 9.53 Å². The number of aromatic nitrogens is 2. The van der Waals surface area contributed by atoms with Gasteiger partial charge in [-0.15, -0.1) is 0 Å². The monoisotopic (exact) mass is 637 g/mol. The second kappa shape index (κ2) is 12.9. The lowest BCUT2D eigenvalue weighted by Crippen LogP contribution is -2.40. The molecule has 0 spiro atoms. The number of rotatable bonds is 8. The Hall–Kier alpha value is -5.27. The first-order valence-electron chi connectivity index (χ1n) is 15.9. The molecule has 47 heavy (non-hydrogen) atoms. The number of hydrogen-bond acceptors (Lipinski definition) is 5. The fourth-order valence-electron chi connectivity index (χ4n) is 6.26. The molecule has 1 aliphatic heterocycles. The van der Waals surface area contributed by atoms with Gasteiger partial charge in [-0.05, 0) is 41.7 Å². The van der Waals surface area contributed by atoms with E-state index in [2.05, 4.69) is 61.0 Å². The van der Waals surface area contributed by atoms with Crippen LogP contribution in [-0.2, 0) is 16.1 Å². The van der Waals surface area contributed by atoms with Gasteiger partial charge in [0.15, 0.2) is 4.80 Å². The highest BCUT2D eigenvalue weighted by molar-refractivity contribution is 7.07. The summed E-state index contributed by atoms with van der Waals surface area (Å²) in [5.74, 6) is -0.138. The van der Waals surface area contributed by atoms with E-state index in [9.17, 15) is 9.59 Å². The highest BCUT2D eigenvalue weighted by Crippen LogP contribution is 2.35. The fraction of sp³-hybridized carbons (Fsp3) is 0.175. The van der Waals surface area contributed by atoms with Crippen molar-refractivity contribution in [3.8, 4) is 0 Å². The molecule has 0 saturated heterocycles. The summed E-state index contributed by atoms with van der Waals surface area (Å²) in [6, 6.07) is 35.7. The Morgan fingerprint density at radius 3 is 2.30 bits per heavy atom. The van der Waals surface area contributed by atoms with Crippen molar-refractivity contribution in [3.05, 3.63) is 168 Å². The van der Waals surface area contributed by atoms with E-state index < -0.39 is 12.0 Å². The number of hydrogen-bond donors (Lipinski definition) is 0. The van der Waals surface area contributed by atoms with Crippen LogP contribution < -0.4 is 14.9 Å². The molecular formula is C40H35N3O3S. The van der Waals surface area contributed by atoms with Crippen molar-refractivity contribution in [1.82, 2.24) is 9.13 Å². The third kappa shape index (κ3) is 5.79. The van der Waals surface area contributed by atoms with E-state index in [1.807, 2.05) is 78.9 Å². The van der Waals surface area contributed by atoms with E-state index in [0.717, 1.165) is 27.6 Å². The largest absolute Gasteiger partial charge is 0.463 e. The number of thiazole rings is 1. The van der Waals surface area contributed by atoms with Gasteiger partial charge in [0.25, 0.3) is 5.56 Å². The van der Waals surface area contributed by atoms with Crippen LogP contribution >= 0.6 is 11.3 Å². The summed E-state index contributed by atoms with van der Waals surface area (Å²) in [5, 5.41) is 1.06. The topological polar surface area (TPSA) is 65.6 Å². The Morgan fingerprint density at radius 1 is 0.915 bits per heavy atom. The maximum atomic E-state index is 14.5. The molecule has 0 amide bonds. The molecule has 7 heteroatoms. The van der Waals surface area contributed by atoms with E-state index >= 15 is 0 Å². The van der Waals surface area contributed by atoms with Crippen LogP contribution in [-0.4, -0.2) is 21.7 Å². The van der Waals surface area contributed by atoms with Crippen LogP contribution in [0.4, 0.5) is 0 Å². The van der Waals surface area contributed by atoms with Crippen LogP contribution in [0.5, 0.6) is 0 Å². The first-order chi connectivity index (χ1) is 22.9. The lowest BCUT2D eigenvalue weighted by atomic mass is 9.91. The van der Waals surface area contributed by atoms with E-state index in [1.165, 1.54) is 22.5 Å². The third-order valence-electron chi connectivity index (χ3n) is 8.59. The minimum absolute atomic E-state index is 0.194. The molecule has 0 aliphatic carbocycles. The molecule has 2 aromatic heterocycles. The molecule has 1 atom stereocenters. The molecule has 1 aliphatic rings.